The molecule has 33 heavy (non-hydrogen) atoms. The van der Waals surface area contributed by atoms with E-state index >= 15 is 0 Å². The van der Waals surface area contributed by atoms with Crippen molar-refractivity contribution >= 4 is 29.0 Å². The van der Waals surface area contributed by atoms with Crippen molar-refractivity contribution in [3.8, 4) is 16.9 Å². The zero-order valence-electron chi connectivity index (χ0n) is 18.2. The van der Waals surface area contributed by atoms with E-state index in [9.17, 15) is 4.39 Å². The van der Waals surface area contributed by atoms with Crippen LogP contribution in [0.1, 0.15) is 50.3 Å². The molecule has 2 aliphatic rings. The monoisotopic (exact) mass is 490 g/mol. The van der Waals surface area contributed by atoms with E-state index < -0.39 is 11.9 Å². The van der Waals surface area contributed by atoms with E-state index in [0.717, 1.165) is 30.8 Å². The molecule has 0 radical (unpaired) electrons. The molecule has 1 aliphatic heterocycles. The average molecular weight is 491 g/mol. The lowest BCUT2D eigenvalue weighted by atomic mass is 9.63. The molecule has 0 amide bonds. The highest BCUT2D eigenvalue weighted by Crippen LogP contribution is 2.52. The molecule has 2 atom stereocenters. The van der Waals surface area contributed by atoms with Crippen molar-refractivity contribution in [3.05, 3.63) is 58.2 Å². The van der Waals surface area contributed by atoms with E-state index in [1.165, 1.54) is 31.4 Å². The van der Waals surface area contributed by atoms with Gasteiger partial charge >= 0.3 is 0 Å². The predicted octanol–water partition coefficient (Wildman–Crippen LogP) is 6.24. The minimum absolute atomic E-state index is 0.0691. The van der Waals surface area contributed by atoms with Gasteiger partial charge in [0.25, 0.3) is 0 Å². The number of rotatable bonds is 5. The summed E-state index contributed by atoms with van der Waals surface area (Å²) in [7, 11) is 0. The van der Waals surface area contributed by atoms with Gasteiger partial charge in [-0.1, -0.05) is 29.6 Å². The maximum Gasteiger partial charge on any atom is 0.166 e. The molecule has 5 rings (SSSR count). The van der Waals surface area contributed by atoms with Gasteiger partial charge in [0.15, 0.2) is 11.6 Å². The fraction of sp³-hybridized carbons (Fsp3) is 0.417. The first-order valence-corrected chi connectivity index (χ1v) is 11.8. The number of nitrogens with two attached hydrogens (primary N) is 1. The van der Waals surface area contributed by atoms with Crippen LogP contribution in [0, 0.1) is 11.2 Å². The quantitative estimate of drug-likeness (QED) is 0.428. The molecular weight excluding hydrogens is 466 g/mol. The molecule has 3 heterocycles. The van der Waals surface area contributed by atoms with Gasteiger partial charge in [-0.3, -0.25) is 4.68 Å². The number of ether oxygens (including phenoxy) is 2. The third-order valence-electron chi connectivity index (χ3n) is 6.91. The Balaban J connectivity index is 1.40. The topological polar surface area (TPSA) is 75.2 Å². The van der Waals surface area contributed by atoms with E-state index in [1.807, 2.05) is 12.3 Å². The Kier molecular flexibility index (Phi) is 5.97. The second kappa shape index (κ2) is 8.78. The van der Waals surface area contributed by atoms with Gasteiger partial charge in [0.05, 0.1) is 23.9 Å². The minimum Gasteiger partial charge on any atom is -0.482 e. The van der Waals surface area contributed by atoms with Gasteiger partial charge in [-0.15, -0.1) is 0 Å². The Morgan fingerprint density at radius 2 is 2.09 bits per heavy atom. The first-order valence-electron chi connectivity index (χ1n) is 11.1. The molecule has 0 bridgehead atoms. The summed E-state index contributed by atoms with van der Waals surface area (Å²) >= 11 is 12.4. The SMILES string of the molecule is CC(Oc1cc(-c2cnn(C3CCOCC34CCC4)c2)cnc1N)c1c(Cl)ccc(F)c1Cl. The Morgan fingerprint density at radius 3 is 2.85 bits per heavy atom. The first-order chi connectivity index (χ1) is 15.9. The van der Waals surface area contributed by atoms with Crippen LogP contribution < -0.4 is 10.5 Å². The lowest BCUT2D eigenvalue weighted by molar-refractivity contribution is -0.0937. The molecule has 2 unspecified atom stereocenters. The van der Waals surface area contributed by atoms with Crippen molar-refractivity contribution < 1.29 is 13.9 Å². The molecule has 1 saturated heterocycles. The molecule has 6 nitrogen and oxygen atoms in total. The van der Waals surface area contributed by atoms with Crippen molar-refractivity contribution in [2.24, 2.45) is 5.41 Å². The van der Waals surface area contributed by atoms with Crippen molar-refractivity contribution in [1.82, 2.24) is 14.8 Å². The van der Waals surface area contributed by atoms with E-state index in [0.29, 0.717) is 22.4 Å². The highest BCUT2D eigenvalue weighted by Gasteiger charge is 2.47. The lowest BCUT2D eigenvalue weighted by Crippen LogP contribution is -2.46. The molecule has 3 aromatic rings. The Labute approximate surface area is 201 Å². The van der Waals surface area contributed by atoms with Gasteiger partial charge in [-0.25, -0.2) is 9.37 Å². The molecule has 1 aliphatic carbocycles. The highest BCUT2D eigenvalue weighted by atomic mass is 35.5. The van der Waals surface area contributed by atoms with E-state index in [2.05, 4.69) is 21.0 Å². The minimum atomic E-state index is -0.636. The number of anilines is 1. The molecule has 174 valence electrons. The third kappa shape index (κ3) is 4.07. The summed E-state index contributed by atoms with van der Waals surface area (Å²) in [6.45, 7) is 3.30. The number of nitrogen functional groups attached to an aromatic ring is 1. The molecular formula is C24H25Cl2FN4O2. The van der Waals surface area contributed by atoms with Crippen molar-refractivity contribution in [3.63, 3.8) is 0 Å². The van der Waals surface area contributed by atoms with Crippen LogP contribution in [-0.2, 0) is 4.74 Å². The standard InChI is InChI=1S/C24H25Cl2FN4O2/c1-14(21-17(25)3-4-18(27)22(21)26)33-19-9-15(10-29-23(19)28)16-11-30-31(12-16)20-5-8-32-13-24(20)6-2-7-24/h3-4,9-12,14,20H,2,5-8,13H2,1H3,(H2,28,29). The summed E-state index contributed by atoms with van der Waals surface area (Å²) in [6, 6.07) is 4.82. The van der Waals surface area contributed by atoms with Gasteiger partial charge in [0.1, 0.15) is 11.9 Å². The van der Waals surface area contributed by atoms with E-state index in [-0.39, 0.29) is 16.3 Å². The first kappa shape index (κ1) is 22.4. The smallest absolute Gasteiger partial charge is 0.166 e. The summed E-state index contributed by atoms with van der Waals surface area (Å²) in [6.07, 6.45) is 9.51. The fourth-order valence-electron chi connectivity index (χ4n) is 4.92. The van der Waals surface area contributed by atoms with Gasteiger partial charge < -0.3 is 15.2 Å². The number of benzene rings is 1. The summed E-state index contributed by atoms with van der Waals surface area (Å²) < 4.78 is 27.8. The Morgan fingerprint density at radius 1 is 1.27 bits per heavy atom. The van der Waals surface area contributed by atoms with Crippen LogP contribution >= 0.6 is 23.2 Å². The van der Waals surface area contributed by atoms with Gasteiger partial charge in [0, 0.05) is 46.1 Å². The summed E-state index contributed by atoms with van der Waals surface area (Å²) in [5.41, 5.74) is 8.38. The molecule has 9 heteroatoms. The number of halogens is 3. The zero-order valence-corrected chi connectivity index (χ0v) is 19.7. The Bertz CT molecular complexity index is 1180. The van der Waals surface area contributed by atoms with Gasteiger partial charge in [-0.2, -0.15) is 5.10 Å². The van der Waals surface area contributed by atoms with Crippen LogP contribution in [-0.4, -0.2) is 28.0 Å². The summed E-state index contributed by atoms with van der Waals surface area (Å²) in [4.78, 5) is 4.30. The van der Waals surface area contributed by atoms with Crippen LogP contribution in [0.3, 0.4) is 0 Å². The predicted molar refractivity (Wildman–Crippen MR) is 126 cm³/mol. The largest absolute Gasteiger partial charge is 0.482 e. The number of nitrogens with zero attached hydrogens (tertiary/aromatic N) is 3. The molecule has 2 aromatic heterocycles. The molecule has 2 fully saturated rings. The summed E-state index contributed by atoms with van der Waals surface area (Å²) in [5.74, 6) is 0.0290. The second-order valence-electron chi connectivity index (χ2n) is 8.91. The number of hydrogen-bond donors (Lipinski definition) is 1. The maximum atomic E-state index is 14.0. The number of aromatic nitrogens is 3. The average Bonchev–Trinajstić information content (AvgIpc) is 3.27. The second-order valence-corrected chi connectivity index (χ2v) is 9.69. The molecule has 1 saturated carbocycles. The van der Waals surface area contributed by atoms with Crippen molar-refractivity contribution in [2.75, 3.05) is 18.9 Å². The highest BCUT2D eigenvalue weighted by molar-refractivity contribution is 6.36. The van der Waals surface area contributed by atoms with Crippen LogP contribution in [0.4, 0.5) is 10.2 Å². The van der Waals surface area contributed by atoms with E-state index in [4.69, 9.17) is 38.4 Å². The normalized spacial score (nSPS) is 20.4. The van der Waals surface area contributed by atoms with Crippen LogP contribution in [0.2, 0.25) is 10.0 Å². The van der Waals surface area contributed by atoms with Crippen LogP contribution in [0.25, 0.3) is 11.1 Å². The fourth-order valence-corrected chi connectivity index (χ4v) is 5.60. The molecule has 1 aromatic carbocycles. The van der Waals surface area contributed by atoms with Gasteiger partial charge in [0.2, 0.25) is 0 Å². The van der Waals surface area contributed by atoms with Crippen molar-refractivity contribution in [1.29, 1.82) is 0 Å². The summed E-state index contributed by atoms with van der Waals surface area (Å²) in [5, 5.41) is 4.92. The van der Waals surface area contributed by atoms with Crippen LogP contribution in [0.5, 0.6) is 5.75 Å². The number of pyridine rings is 1. The third-order valence-corrected chi connectivity index (χ3v) is 7.62. The van der Waals surface area contributed by atoms with E-state index in [1.54, 1.807) is 13.1 Å². The van der Waals surface area contributed by atoms with Crippen LogP contribution in [0.15, 0.2) is 36.8 Å². The lowest BCUT2D eigenvalue weighted by Gasteiger charge is -2.50. The molecule has 2 N–H and O–H groups in total. The molecule has 1 spiro atoms. The van der Waals surface area contributed by atoms with Crippen molar-refractivity contribution in [2.45, 2.75) is 44.8 Å². The Hall–Kier alpha value is -2.35. The zero-order chi connectivity index (χ0) is 23.2. The van der Waals surface area contributed by atoms with Gasteiger partial charge in [-0.05, 0) is 44.4 Å². The number of hydrogen-bond acceptors (Lipinski definition) is 5. The maximum absolute atomic E-state index is 14.0.